The standard InChI is InChI=1S/C18H17N5O4/c1-12-9-19-22(10-12)11-13-8-15(21-27-13)17(24)20-14-4-2-3-5-16(14)23-6-7-26-18(23)25/h2-5,8-10H,6-7,11H2,1H3,(H,20,24). The van der Waals surface area contributed by atoms with Crippen LogP contribution in [0.5, 0.6) is 0 Å². The number of carbonyl (C=O) groups excluding carboxylic acids is 2. The van der Waals surface area contributed by atoms with Crippen molar-refractivity contribution in [2.45, 2.75) is 13.5 Å². The Morgan fingerprint density at radius 2 is 2.19 bits per heavy atom. The normalized spacial score (nSPS) is 13.7. The molecule has 1 saturated heterocycles. The predicted octanol–water partition coefficient (Wildman–Crippen LogP) is 2.44. The molecule has 138 valence electrons. The van der Waals surface area contributed by atoms with Crippen LogP contribution in [0.2, 0.25) is 0 Å². The smallest absolute Gasteiger partial charge is 0.414 e. The van der Waals surface area contributed by atoms with Crippen molar-refractivity contribution >= 4 is 23.4 Å². The summed E-state index contributed by atoms with van der Waals surface area (Å²) in [6.07, 6.45) is 3.17. The zero-order chi connectivity index (χ0) is 18.8. The Morgan fingerprint density at radius 1 is 1.33 bits per heavy atom. The molecule has 0 aliphatic carbocycles. The molecule has 0 spiro atoms. The van der Waals surface area contributed by atoms with Crippen LogP contribution in [0.3, 0.4) is 0 Å². The van der Waals surface area contributed by atoms with Gasteiger partial charge in [0.25, 0.3) is 5.91 Å². The fraction of sp³-hybridized carbons (Fsp3) is 0.222. The van der Waals surface area contributed by atoms with E-state index in [2.05, 4.69) is 15.6 Å². The van der Waals surface area contributed by atoms with Gasteiger partial charge in [-0.05, 0) is 24.6 Å². The molecule has 1 aromatic carbocycles. The molecule has 2 aromatic heterocycles. The van der Waals surface area contributed by atoms with Crippen molar-refractivity contribution in [1.29, 1.82) is 0 Å². The molecular weight excluding hydrogens is 350 g/mol. The highest BCUT2D eigenvalue weighted by Crippen LogP contribution is 2.28. The van der Waals surface area contributed by atoms with Gasteiger partial charge in [0.2, 0.25) is 0 Å². The maximum Gasteiger partial charge on any atom is 0.414 e. The van der Waals surface area contributed by atoms with E-state index in [0.29, 0.717) is 36.8 Å². The molecule has 0 radical (unpaired) electrons. The second-order valence-electron chi connectivity index (χ2n) is 6.13. The molecule has 3 heterocycles. The monoisotopic (exact) mass is 367 g/mol. The topological polar surface area (TPSA) is 102 Å². The number of nitrogens with one attached hydrogen (secondary N) is 1. The number of aryl methyl sites for hydroxylation is 1. The van der Waals surface area contributed by atoms with Crippen LogP contribution in [0.15, 0.2) is 47.2 Å². The predicted molar refractivity (Wildman–Crippen MR) is 95.7 cm³/mol. The van der Waals surface area contributed by atoms with E-state index in [4.69, 9.17) is 9.26 Å². The fourth-order valence-corrected chi connectivity index (χ4v) is 2.82. The first kappa shape index (κ1) is 16.8. The van der Waals surface area contributed by atoms with Gasteiger partial charge < -0.3 is 14.6 Å². The molecule has 0 atom stereocenters. The van der Waals surface area contributed by atoms with Crippen molar-refractivity contribution in [1.82, 2.24) is 14.9 Å². The Balaban J connectivity index is 1.49. The van der Waals surface area contributed by atoms with Crippen molar-refractivity contribution in [3.8, 4) is 0 Å². The van der Waals surface area contributed by atoms with Crippen LogP contribution in [0.25, 0.3) is 0 Å². The van der Waals surface area contributed by atoms with Crippen molar-refractivity contribution in [2.75, 3.05) is 23.4 Å². The maximum atomic E-state index is 12.5. The van der Waals surface area contributed by atoms with Crippen molar-refractivity contribution in [3.63, 3.8) is 0 Å². The largest absolute Gasteiger partial charge is 0.447 e. The van der Waals surface area contributed by atoms with Crippen molar-refractivity contribution in [3.05, 3.63) is 59.7 Å². The van der Waals surface area contributed by atoms with Gasteiger partial charge >= 0.3 is 6.09 Å². The molecule has 1 aliphatic rings. The van der Waals surface area contributed by atoms with Gasteiger partial charge in [0.15, 0.2) is 11.5 Å². The molecule has 0 bridgehead atoms. The number of anilines is 2. The summed E-state index contributed by atoms with van der Waals surface area (Å²) in [5.74, 6) is 0.0846. The third kappa shape index (κ3) is 3.52. The summed E-state index contributed by atoms with van der Waals surface area (Å²) in [6.45, 7) is 3.07. The van der Waals surface area contributed by atoms with E-state index in [0.717, 1.165) is 5.56 Å². The van der Waals surface area contributed by atoms with Crippen LogP contribution in [-0.2, 0) is 11.3 Å². The van der Waals surface area contributed by atoms with Crippen LogP contribution < -0.4 is 10.2 Å². The first-order chi connectivity index (χ1) is 13.1. The molecular formula is C18H17N5O4. The molecule has 9 heteroatoms. The number of cyclic esters (lactones) is 1. The minimum absolute atomic E-state index is 0.146. The molecule has 1 N–H and O–H groups in total. The first-order valence-corrected chi connectivity index (χ1v) is 8.39. The van der Waals surface area contributed by atoms with Crippen LogP contribution in [0.1, 0.15) is 21.8 Å². The Labute approximate surface area is 154 Å². The third-order valence-electron chi connectivity index (χ3n) is 4.08. The molecule has 2 amide bonds. The van der Waals surface area contributed by atoms with Crippen molar-refractivity contribution < 1.29 is 18.8 Å². The number of nitrogens with zero attached hydrogens (tertiary/aromatic N) is 4. The summed E-state index contributed by atoms with van der Waals surface area (Å²) >= 11 is 0. The van der Waals surface area contributed by atoms with Gasteiger partial charge in [0, 0.05) is 12.3 Å². The van der Waals surface area contributed by atoms with E-state index < -0.39 is 12.0 Å². The number of carbonyl (C=O) groups is 2. The second kappa shape index (κ2) is 6.94. The average molecular weight is 367 g/mol. The number of hydrogen-bond donors (Lipinski definition) is 1. The van der Waals surface area contributed by atoms with E-state index >= 15 is 0 Å². The first-order valence-electron chi connectivity index (χ1n) is 8.39. The molecule has 4 rings (SSSR count). The van der Waals surface area contributed by atoms with Gasteiger partial charge in [-0.25, -0.2) is 4.79 Å². The summed E-state index contributed by atoms with van der Waals surface area (Å²) in [5.41, 5.74) is 2.25. The summed E-state index contributed by atoms with van der Waals surface area (Å²) < 4.78 is 11.9. The molecule has 0 unspecified atom stereocenters. The summed E-state index contributed by atoms with van der Waals surface area (Å²) in [5, 5.41) is 10.8. The van der Waals surface area contributed by atoms with Crippen LogP contribution in [-0.4, -0.2) is 40.1 Å². The summed E-state index contributed by atoms with van der Waals surface area (Å²) in [7, 11) is 0. The lowest BCUT2D eigenvalue weighted by Gasteiger charge is -2.17. The third-order valence-corrected chi connectivity index (χ3v) is 4.08. The van der Waals surface area contributed by atoms with E-state index in [1.807, 2.05) is 13.1 Å². The Bertz CT molecular complexity index is 993. The van der Waals surface area contributed by atoms with Gasteiger partial charge in [-0.15, -0.1) is 0 Å². The lowest BCUT2D eigenvalue weighted by atomic mass is 10.2. The molecule has 1 aliphatic heterocycles. The van der Waals surface area contributed by atoms with Gasteiger partial charge in [0.05, 0.1) is 24.1 Å². The number of hydrogen-bond acceptors (Lipinski definition) is 6. The number of aromatic nitrogens is 3. The highest BCUT2D eigenvalue weighted by Gasteiger charge is 2.26. The second-order valence-corrected chi connectivity index (χ2v) is 6.13. The zero-order valence-corrected chi connectivity index (χ0v) is 14.6. The Morgan fingerprint density at radius 3 is 2.93 bits per heavy atom. The summed E-state index contributed by atoms with van der Waals surface area (Å²) in [6, 6.07) is 8.59. The van der Waals surface area contributed by atoms with Gasteiger partial charge in [-0.3, -0.25) is 14.4 Å². The summed E-state index contributed by atoms with van der Waals surface area (Å²) in [4.78, 5) is 25.8. The van der Waals surface area contributed by atoms with Crippen LogP contribution in [0, 0.1) is 6.92 Å². The molecule has 0 saturated carbocycles. The SMILES string of the molecule is Cc1cnn(Cc2cc(C(=O)Nc3ccccc3N3CCOC3=O)no2)c1. The van der Waals surface area contributed by atoms with E-state index in [9.17, 15) is 9.59 Å². The van der Waals surface area contributed by atoms with Gasteiger partial charge in [-0.1, -0.05) is 17.3 Å². The fourth-order valence-electron chi connectivity index (χ4n) is 2.82. The number of ether oxygens (including phenoxy) is 1. The molecule has 9 nitrogen and oxygen atoms in total. The number of benzene rings is 1. The van der Waals surface area contributed by atoms with Crippen LogP contribution in [0.4, 0.5) is 16.2 Å². The van der Waals surface area contributed by atoms with E-state index in [1.54, 1.807) is 41.2 Å². The number of amides is 2. The van der Waals surface area contributed by atoms with Crippen LogP contribution >= 0.6 is 0 Å². The minimum atomic E-state index is -0.435. The zero-order valence-electron chi connectivity index (χ0n) is 14.6. The Hall–Kier alpha value is -3.62. The number of para-hydroxylation sites is 2. The highest BCUT2D eigenvalue weighted by molar-refractivity contribution is 6.06. The Kier molecular flexibility index (Phi) is 4.33. The molecule has 3 aromatic rings. The van der Waals surface area contributed by atoms with Gasteiger partial charge in [0.1, 0.15) is 13.2 Å². The van der Waals surface area contributed by atoms with E-state index in [-0.39, 0.29) is 5.69 Å². The average Bonchev–Trinajstić information content (AvgIpc) is 3.38. The quantitative estimate of drug-likeness (QED) is 0.743. The minimum Gasteiger partial charge on any atom is -0.447 e. The lowest BCUT2D eigenvalue weighted by molar-refractivity contribution is 0.101. The van der Waals surface area contributed by atoms with Gasteiger partial charge in [-0.2, -0.15) is 5.10 Å². The van der Waals surface area contributed by atoms with Crippen molar-refractivity contribution in [2.24, 2.45) is 0 Å². The van der Waals surface area contributed by atoms with E-state index in [1.165, 1.54) is 4.90 Å². The lowest BCUT2D eigenvalue weighted by Crippen LogP contribution is -2.25. The number of rotatable bonds is 5. The maximum absolute atomic E-state index is 12.5. The highest BCUT2D eigenvalue weighted by atomic mass is 16.6. The molecule has 1 fully saturated rings. The molecule has 27 heavy (non-hydrogen) atoms.